The lowest BCUT2D eigenvalue weighted by molar-refractivity contribution is -0.130. The fourth-order valence-corrected chi connectivity index (χ4v) is 6.99. The van der Waals surface area contributed by atoms with E-state index in [9.17, 15) is 19.2 Å². The number of hydrogen-bond acceptors (Lipinski definition) is 9. The van der Waals surface area contributed by atoms with Crippen LogP contribution in [0, 0.1) is 18.8 Å². The predicted molar refractivity (Wildman–Crippen MR) is 220 cm³/mol. The summed E-state index contributed by atoms with van der Waals surface area (Å²) in [6.07, 6.45) is 2.68. The topological polar surface area (TPSA) is 183 Å². The normalized spacial score (nSPS) is 16.1. The molecule has 1 saturated carbocycles. The Kier molecular flexibility index (Phi) is 14.9. The number of carbonyl (C=O) groups is 4. The average molecular weight is 780 g/mol. The van der Waals surface area contributed by atoms with Crippen LogP contribution in [0.1, 0.15) is 81.8 Å². The number of nitrogens with zero attached hydrogens (tertiary/aromatic N) is 4. The number of nitrogens with one attached hydrogen (secondary N) is 5. The molecule has 1 atom stereocenters. The van der Waals surface area contributed by atoms with Gasteiger partial charge < -0.3 is 30.9 Å². The van der Waals surface area contributed by atoms with Crippen molar-refractivity contribution in [1.82, 2.24) is 41.5 Å². The summed E-state index contributed by atoms with van der Waals surface area (Å²) in [4.78, 5) is 55.0. The van der Waals surface area contributed by atoms with E-state index in [0.717, 1.165) is 60.3 Å². The molecule has 3 aromatic carbocycles. The molecule has 1 unspecified atom stereocenters. The number of likely N-dealkylation sites (N-methyl/N-ethyl adjacent to an activating group) is 1. The van der Waals surface area contributed by atoms with Gasteiger partial charge in [-0.2, -0.15) is 5.21 Å². The number of benzene rings is 3. The first-order chi connectivity index (χ1) is 27.3. The highest BCUT2D eigenvalue weighted by molar-refractivity contribution is 5.98. The van der Waals surface area contributed by atoms with E-state index in [0.29, 0.717) is 43.0 Å². The van der Waals surface area contributed by atoms with Gasteiger partial charge in [0.1, 0.15) is 11.6 Å². The Morgan fingerprint density at radius 3 is 2.21 bits per heavy atom. The zero-order valence-electron chi connectivity index (χ0n) is 34.0. The maximum absolute atomic E-state index is 13.9. The maximum atomic E-state index is 13.9. The number of aromatic amines is 1. The van der Waals surface area contributed by atoms with Crippen molar-refractivity contribution in [2.45, 2.75) is 85.3 Å². The molecule has 1 heterocycles. The monoisotopic (exact) mass is 779 g/mol. The lowest BCUT2D eigenvalue weighted by Gasteiger charge is -2.29. The molecule has 0 aliphatic heterocycles. The number of amides is 4. The van der Waals surface area contributed by atoms with Crippen LogP contribution in [0.25, 0.3) is 22.5 Å². The molecule has 1 aliphatic rings. The number of aromatic nitrogens is 4. The van der Waals surface area contributed by atoms with Crippen LogP contribution in [0.15, 0.2) is 66.7 Å². The molecule has 4 aromatic rings. The van der Waals surface area contributed by atoms with Crippen molar-refractivity contribution in [3.8, 4) is 22.5 Å². The largest absolute Gasteiger partial charge is 0.444 e. The second-order valence-electron chi connectivity index (χ2n) is 15.7. The molecule has 1 aromatic heterocycles. The van der Waals surface area contributed by atoms with Crippen LogP contribution < -0.4 is 21.3 Å². The standard InChI is InChI=1S/C43H57N9O5/c1-7-52(8-2)24-23-44-39(53)34-14-9-28(3)36(26-34)31-15-10-29(11-16-31)25-37(41(55)46-35-21-19-32(20-22-35)38-48-50-51-49-38)47-40(54)33-17-12-30(13-18-33)27-45-42(56)57-43(4,5)6/h9-11,14-16,19-22,26,30,33,37H,7-8,12-13,17-18,23-25,27H2,1-6H3,(H,44,53)(H,45,56)(H,46,55)(H,47,54)(H,48,49,50,51). The van der Waals surface area contributed by atoms with E-state index < -0.39 is 17.7 Å². The van der Waals surface area contributed by atoms with Gasteiger partial charge in [0.15, 0.2) is 0 Å². The molecular formula is C43H57N9O5. The summed E-state index contributed by atoms with van der Waals surface area (Å²) < 4.78 is 5.36. The predicted octanol–water partition coefficient (Wildman–Crippen LogP) is 5.91. The molecule has 14 nitrogen and oxygen atoms in total. The van der Waals surface area contributed by atoms with Crippen molar-refractivity contribution in [2.24, 2.45) is 11.8 Å². The van der Waals surface area contributed by atoms with E-state index in [1.807, 2.05) is 70.2 Å². The molecule has 0 saturated heterocycles. The van der Waals surface area contributed by atoms with Gasteiger partial charge in [-0.1, -0.05) is 44.2 Å². The van der Waals surface area contributed by atoms with Gasteiger partial charge in [0.25, 0.3) is 5.91 Å². The summed E-state index contributed by atoms with van der Waals surface area (Å²) in [7, 11) is 0. The fraction of sp³-hybridized carbons (Fsp3) is 0.465. The molecule has 57 heavy (non-hydrogen) atoms. The second-order valence-corrected chi connectivity index (χ2v) is 15.7. The summed E-state index contributed by atoms with van der Waals surface area (Å²) in [5, 5.41) is 26.0. The number of alkyl carbamates (subject to hydrolysis) is 1. The minimum absolute atomic E-state index is 0.111. The number of ether oxygens (including phenoxy) is 1. The quantitative estimate of drug-likeness (QED) is 0.0923. The first kappa shape index (κ1) is 42.5. The molecule has 5 rings (SSSR count). The highest BCUT2D eigenvalue weighted by Crippen LogP contribution is 2.30. The van der Waals surface area contributed by atoms with Gasteiger partial charge in [-0.25, -0.2) is 4.79 Å². The van der Waals surface area contributed by atoms with Crippen molar-refractivity contribution in [3.05, 3.63) is 83.4 Å². The second kappa shape index (κ2) is 20.0. The van der Waals surface area contributed by atoms with Crippen LogP contribution in [-0.2, 0) is 20.7 Å². The molecule has 5 N–H and O–H groups in total. The van der Waals surface area contributed by atoms with Crippen molar-refractivity contribution in [3.63, 3.8) is 0 Å². The van der Waals surface area contributed by atoms with Crippen LogP contribution in [0.5, 0.6) is 0 Å². The number of H-pyrrole nitrogens is 1. The number of carbonyl (C=O) groups excluding carboxylic acids is 4. The minimum atomic E-state index is -0.850. The first-order valence-electron chi connectivity index (χ1n) is 19.9. The first-order valence-corrected chi connectivity index (χ1v) is 19.9. The number of anilines is 1. The summed E-state index contributed by atoms with van der Waals surface area (Å²) in [6.45, 7) is 15.4. The third-order valence-electron chi connectivity index (χ3n) is 10.4. The van der Waals surface area contributed by atoms with Crippen LogP contribution in [-0.4, -0.2) is 93.7 Å². The molecular weight excluding hydrogens is 723 g/mol. The zero-order valence-corrected chi connectivity index (χ0v) is 34.0. The zero-order chi connectivity index (χ0) is 41.0. The highest BCUT2D eigenvalue weighted by Gasteiger charge is 2.30. The molecule has 1 fully saturated rings. The van der Waals surface area contributed by atoms with Gasteiger partial charge >= 0.3 is 6.09 Å². The van der Waals surface area contributed by atoms with Crippen molar-refractivity contribution < 1.29 is 23.9 Å². The lowest BCUT2D eigenvalue weighted by atomic mass is 9.81. The Morgan fingerprint density at radius 1 is 0.895 bits per heavy atom. The SMILES string of the molecule is CCN(CC)CCNC(=O)c1ccc(C)c(-c2ccc(CC(NC(=O)C3CCC(CNC(=O)OC(C)(C)C)CC3)C(=O)Nc3ccc(-c4nn[nH]n4)cc3)cc2)c1. The van der Waals surface area contributed by atoms with E-state index in [1.165, 1.54) is 0 Å². The van der Waals surface area contributed by atoms with Crippen LogP contribution >= 0.6 is 0 Å². The van der Waals surface area contributed by atoms with E-state index >= 15 is 0 Å². The Balaban J connectivity index is 1.25. The van der Waals surface area contributed by atoms with Crippen LogP contribution in [0.3, 0.4) is 0 Å². The van der Waals surface area contributed by atoms with Crippen LogP contribution in [0.4, 0.5) is 10.5 Å². The number of rotatable bonds is 16. The van der Waals surface area contributed by atoms with Crippen molar-refractivity contribution in [1.29, 1.82) is 0 Å². The summed E-state index contributed by atoms with van der Waals surface area (Å²) >= 11 is 0. The number of aryl methyl sites for hydroxylation is 1. The molecule has 4 amide bonds. The Hall–Kier alpha value is -5.63. The van der Waals surface area contributed by atoms with Gasteiger partial charge in [-0.3, -0.25) is 14.4 Å². The summed E-state index contributed by atoms with van der Waals surface area (Å²) in [5.41, 5.74) is 5.11. The van der Waals surface area contributed by atoms with Crippen molar-refractivity contribution in [2.75, 3.05) is 38.0 Å². The van der Waals surface area contributed by atoms with Gasteiger partial charge in [0.05, 0.1) is 0 Å². The van der Waals surface area contributed by atoms with Gasteiger partial charge in [0, 0.05) is 48.8 Å². The van der Waals surface area contributed by atoms with Crippen molar-refractivity contribution >= 4 is 29.5 Å². The van der Waals surface area contributed by atoms with E-state index in [1.54, 1.807) is 24.3 Å². The van der Waals surface area contributed by atoms with E-state index in [2.05, 4.69) is 60.6 Å². The minimum Gasteiger partial charge on any atom is -0.444 e. The molecule has 304 valence electrons. The maximum Gasteiger partial charge on any atom is 0.407 e. The van der Waals surface area contributed by atoms with Gasteiger partial charge in [0.2, 0.25) is 17.6 Å². The number of hydrogen-bond donors (Lipinski definition) is 5. The van der Waals surface area contributed by atoms with Gasteiger partial charge in [-0.05, 0) is 136 Å². The third-order valence-corrected chi connectivity index (χ3v) is 10.4. The van der Waals surface area contributed by atoms with Crippen LogP contribution in [0.2, 0.25) is 0 Å². The van der Waals surface area contributed by atoms with E-state index in [4.69, 9.17) is 4.74 Å². The Bertz CT molecular complexity index is 1930. The highest BCUT2D eigenvalue weighted by atomic mass is 16.6. The molecule has 0 radical (unpaired) electrons. The van der Waals surface area contributed by atoms with Gasteiger partial charge in [-0.15, -0.1) is 10.2 Å². The molecule has 14 heteroatoms. The molecule has 0 bridgehead atoms. The smallest absolute Gasteiger partial charge is 0.407 e. The fourth-order valence-electron chi connectivity index (χ4n) is 6.99. The molecule has 0 spiro atoms. The summed E-state index contributed by atoms with van der Waals surface area (Å²) in [6, 6.07) is 19.8. The Morgan fingerprint density at radius 2 is 1.58 bits per heavy atom. The number of tetrazole rings is 1. The average Bonchev–Trinajstić information content (AvgIpc) is 3.74. The molecule has 1 aliphatic carbocycles. The third kappa shape index (κ3) is 12.7. The van der Waals surface area contributed by atoms with E-state index in [-0.39, 0.29) is 36.0 Å². The Labute approximate surface area is 335 Å². The lowest BCUT2D eigenvalue weighted by Crippen LogP contribution is -2.48. The summed E-state index contributed by atoms with van der Waals surface area (Å²) in [5.74, 6) is -0.191.